The molecule has 0 aliphatic rings. The van der Waals surface area contributed by atoms with Crippen LogP contribution in [0.2, 0.25) is 5.02 Å². The molecule has 1 radical (unpaired) electrons. The van der Waals surface area contributed by atoms with Gasteiger partial charge in [-0.15, -0.1) is 0 Å². The van der Waals surface area contributed by atoms with Gasteiger partial charge in [0, 0.05) is 18.9 Å². The van der Waals surface area contributed by atoms with Gasteiger partial charge in [0.05, 0.1) is 17.7 Å². The van der Waals surface area contributed by atoms with E-state index in [0.29, 0.717) is 16.3 Å². The van der Waals surface area contributed by atoms with Crippen LogP contribution in [0.1, 0.15) is 47.8 Å². The molecule has 2 aromatic rings. The normalized spacial score (nSPS) is 11.5. The minimum absolute atomic E-state index is 0. The maximum absolute atomic E-state index is 12.8. The van der Waals surface area contributed by atoms with Gasteiger partial charge in [-0.25, -0.2) is 0 Å². The molecule has 1 atom stereocenters. The zero-order chi connectivity index (χ0) is 18.1. The number of ether oxygens (including phenoxy) is 1. The number of methoxy groups -OCH3 is 1. The molecular weight excluding hydrogens is 346 g/mol. The van der Waals surface area contributed by atoms with Crippen molar-refractivity contribution in [3.63, 3.8) is 0 Å². The predicted molar refractivity (Wildman–Crippen MR) is 111 cm³/mol. The van der Waals surface area contributed by atoms with Crippen LogP contribution >= 0.6 is 20.2 Å². The summed E-state index contributed by atoms with van der Waals surface area (Å²) in [7, 11) is 1.58. The molecule has 0 spiro atoms. The van der Waals surface area contributed by atoms with Gasteiger partial charge in [-0.05, 0) is 62.0 Å². The second-order valence-corrected chi connectivity index (χ2v) is 8.62. The van der Waals surface area contributed by atoms with Crippen LogP contribution in [0.3, 0.4) is 0 Å². The molecule has 0 saturated heterocycles. The summed E-state index contributed by atoms with van der Waals surface area (Å²) in [4.78, 5) is 12.8. The first-order chi connectivity index (χ1) is 11.1. The van der Waals surface area contributed by atoms with Gasteiger partial charge in [0.2, 0.25) is 0 Å². The Morgan fingerprint density at radius 3 is 2.16 bits per heavy atom. The van der Waals surface area contributed by atoms with Gasteiger partial charge in [0.25, 0.3) is 0 Å². The monoisotopic (exact) mass is 369 g/mol. The van der Waals surface area contributed by atoms with Gasteiger partial charge in [0.15, 0.2) is 5.52 Å². The van der Waals surface area contributed by atoms with Crippen LogP contribution in [-0.2, 0) is 5.41 Å². The van der Waals surface area contributed by atoms with Crippen LogP contribution < -0.4 is 10.0 Å². The molecule has 1 unspecified atom stereocenters. The van der Waals surface area contributed by atoms with Crippen molar-refractivity contribution < 1.29 is 9.53 Å². The number of halogens is 1. The summed E-state index contributed by atoms with van der Waals surface area (Å²) >= 11 is 6.24. The molecule has 2 aromatic carbocycles. The summed E-state index contributed by atoms with van der Waals surface area (Å²) in [5, 5.41) is 1.53. The zero-order valence-corrected chi connectivity index (χ0v) is 17.8. The van der Waals surface area contributed by atoms with Crippen LogP contribution in [0, 0.1) is 13.8 Å². The number of carbonyl (C=O) groups is 1. The number of hydrogen-bond acceptors (Lipinski definition) is 2. The molecule has 0 bridgehead atoms. The molecule has 2 nitrogen and oxygen atoms in total. The van der Waals surface area contributed by atoms with Gasteiger partial charge in [0.1, 0.15) is 5.75 Å². The van der Waals surface area contributed by atoms with E-state index in [0.717, 1.165) is 16.4 Å². The summed E-state index contributed by atoms with van der Waals surface area (Å²) in [5.74, 6) is 0.529. The van der Waals surface area contributed by atoms with Crippen molar-refractivity contribution in [1.82, 2.24) is 0 Å². The second kappa shape index (κ2) is 8.74. The van der Waals surface area contributed by atoms with E-state index < -0.39 is 0 Å². The molecule has 0 aromatic heterocycles. The Kier molecular flexibility index (Phi) is 7.79. The Morgan fingerprint density at radius 1 is 1.12 bits per heavy atom. The Morgan fingerprint density at radius 2 is 1.68 bits per heavy atom. The number of carbonyl (C=O) groups excluding carboxylic acids is 1. The molecule has 5 heteroatoms. The van der Waals surface area contributed by atoms with Crippen LogP contribution in [0.4, 0.5) is 0 Å². The number of hydrogen-bond donors (Lipinski definition) is 0. The van der Waals surface area contributed by atoms with E-state index >= 15 is 0 Å². The van der Waals surface area contributed by atoms with E-state index in [1.807, 2.05) is 0 Å². The van der Waals surface area contributed by atoms with Crippen molar-refractivity contribution >= 4 is 49.9 Å². The molecule has 2 rings (SSSR count). The predicted octanol–water partition coefficient (Wildman–Crippen LogP) is 5.03. The summed E-state index contributed by atoms with van der Waals surface area (Å²) in [6, 6.07) is 9.66. The van der Waals surface area contributed by atoms with Gasteiger partial charge in [-0.3, -0.25) is 4.79 Å². The van der Waals surface area contributed by atoms with Crippen LogP contribution in [-0.4, -0.2) is 31.5 Å². The Hall–Kier alpha value is -0.773. The first-order valence-corrected chi connectivity index (χ1v) is 9.28. The summed E-state index contributed by atoms with van der Waals surface area (Å²) in [6.07, 6.45) is 0. The van der Waals surface area contributed by atoms with E-state index in [1.54, 1.807) is 25.3 Å². The van der Waals surface area contributed by atoms with Crippen LogP contribution in [0.15, 0.2) is 30.3 Å². The quantitative estimate of drug-likeness (QED) is 0.558. The Labute approximate surface area is 169 Å². The molecule has 0 aliphatic heterocycles. The fourth-order valence-electron chi connectivity index (χ4n) is 2.66. The molecule has 0 N–H and O–H groups in total. The topological polar surface area (TPSA) is 26.3 Å². The first kappa shape index (κ1) is 22.3. The van der Waals surface area contributed by atoms with Gasteiger partial charge in [-0.1, -0.05) is 50.6 Å². The summed E-state index contributed by atoms with van der Waals surface area (Å²) < 4.78 is 5.31. The second-order valence-electron chi connectivity index (χ2n) is 7.01. The van der Waals surface area contributed by atoms with Crippen LogP contribution in [0.5, 0.6) is 5.75 Å². The maximum atomic E-state index is 12.8. The Bertz CT molecular complexity index is 759. The third kappa shape index (κ3) is 5.12. The van der Waals surface area contributed by atoms with Gasteiger partial charge in [-0.2, -0.15) is 0 Å². The molecule has 0 aliphatic carbocycles. The standard InChI is InChI=1S/C20H24ClO2P.Li/c1-12-10-14(20(3,4)5)11-13(2)18(12)24-19(22)17-15(21)8-7-9-16(17)23-6;/h7-11,24H,1-6H3;. The Balaban J connectivity index is 0.00000312. The van der Waals surface area contributed by atoms with Gasteiger partial charge < -0.3 is 4.74 Å². The summed E-state index contributed by atoms with van der Waals surface area (Å²) in [6.45, 7) is 10.7. The maximum Gasteiger partial charge on any atom is 0.190 e. The van der Waals surface area contributed by atoms with Gasteiger partial charge >= 0.3 is 0 Å². The fourth-order valence-corrected chi connectivity index (χ4v) is 4.14. The van der Waals surface area contributed by atoms with E-state index in [2.05, 4.69) is 46.8 Å². The fraction of sp³-hybridized carbons (Fsp3) is 0.350. The average molecular weight is 370 g/mol. The third-order valence-electron chi connectivity index (χ3n) is 4.06. The number of rotatable bonds is 4. The third-order valence-corrected chi connectivity index (χ3v) is 5.89. The minimum atomic E-state index is 0. The molecule has 0 amide bonds. The molecule has 0 saturated carbocycles. The molecule has 0 fully saturated rings. The van der Waals surface area contributed by atoms with Crippen molar-refractivity contribution in [3.05, 3.63) is 57.6 Å². The van der Waals surface area contributed by atoms with E-state index in [-0.39, 0.29) is 38.4 Å². The number of benzene rings is 2. The van der Waals surface area contributed by atoms with Crippen molar-refractivity contribution in [2.24, 2.45) is 0 Å². The largest absolute Gasteiger partial charge is 0.496 e. The SMILES string of the molecule is COc1cccc(Cl)c1C(=O)Pc1c(C)cc(C(C)(C)C)cc1C.[Li]. The molecule has 0 heterocycles. The van der Waals surface area contributed by atoms with Crippen molar-refractivity contribution in [2.75, 3.05) is 7.11 Å². The zero-order valence-electron chi connectivity index (χ0n) is 16.1. The summed E-state index contributed by atoms with van der Waals surface area (Å²) in [5.41, 5.74) is 4.16. The number of aryl methyl sites for hydroxylation is 2. The van der Waals surface area contributed by atoms with Crippen molar-refractivity contribution in [2.45, 2.75) is 40.0 Å². The molecule has 25 heavy (non-hydrogen) atoms. The van der Waals surface area contributed by atoms with Crippen LogP contribution in [0.25, 0.3) is 0 Å². The van der Waals surface area contributed by atoms with E-state index in [1.165, 1.54) is 5.56 Å². The van der Waals surface area contributed by atoms with E-state index in [4.69, 9.17) is 16.3 Å². The van der Waals surface area contributed by atoms with E-state index in [9.17, 15) is 4.79 Å². The van der Waals surface area contributed by atoms with Crippen molar-refractivity contribution in [3.8, 4) is 5.75 Å². The minimum Gasteiger partial charge on any atom is -0.496 e. The smallest absolute Gasteiger partial charge is 0.190 e. The molecular formula is C20H24ClLiO2P. The van der Waals surface area contributed by atoms with Crippen molar-refractivity contribution in [1.29, 1.82) is 0 Å². The first-order valence-electron chi connectivity index (χ1n) is 7.90. The molecule has 129 valence electrons. The average Bonchev–Trinajstić information content (AvgIpc) is 2.49.